The minimum atomic E-state index is 1.18. The molecule has 0 N–H and O–H groups in total. The number of fused-ring (bicyclic) bond motifs is 27. The van der Waals surface area contributed by atoms with E-state index in [1.54, 1.807) is 0 Å². The van der Waals surface area contributed by atoms with Gasteiger partial charge in [-0.15, -0.1) is 34.0 Å². The van der Waals surface area contributed by atoms with Crippen molar-refractivity contribution in [2.24, 2.45) is 0 Å². The van der Waals surface area contributed by atoms with Crippen LogP contribution in [0.2, 0.25) is 0 Å². The maximum atomic E-state index is 2.43. The molecule has 564 valence electrons. The van der Waals surface area contributed by atoms with E-state index < -0.39 is 0 Å². The van der Waals surface area contributed by atoms with Crippen molar-refractivity contribution >= 4 is 214 Å². The van der Waals surface area contributed by atoms with Crippen LogP contribution in [0.3, 0.4) is 0 Å². The van der Waals surface area contributed by atoms with Crippen LogP contribution in [0.4, 0.5) is 0 Å². The Morgan fingerprint density at radius 1 is 0.116 bits per heavy atom. The summed E-state index contributed by atoms with van der Waals surface area (Å²) in [6.07, 6.45) is 0. The standard InChI is InChI=1S/C42H26N2S.C42H25NS.C30H19NS/c1-3-11-29(12-4-1)43-37-17-9-7-15-31(37)33-23-27(19-21-38(33)43)28-20-22-39-34(24-28)35-25-36-32-16-8-10-18-41(32)45-42(36)26-40(35)44(39)30-13-5-2-6-14-30;1-2-10-28(11-3-1)43-39-21-19-27(23-36(39)37-24-38-34-16-8-9-17-41(34)44-42(38)25-40(37)43)26-18-20-33-31-14-5-4-12-29(31)30-13-6-7-15-32(30)35(33)22-26;1-3-9-20(10-4-1)21-15-16-27-24(17-21)25-18-26-23-13-7-8-14-29(23)32-30(26)19-28(25)31(27)22-11-5-2-6-12-22/h1-26H;1-25H;1-19H. The maximum Gasteiger partial charge on any atom is 0.0555 e. The third kappa shape index (κ3) is 11.2. The second kappa shape index (κ2) is 27.9. The number of hydrogen-bond acceptors (Lipinski definition) is 3. The average molecular weight is 1590 g/mol. The van der Waals surface area contributed by atoms with Crippen LogP contribution < -0.4 is 0 Å². The topological polar surface area (TPSA) is 19.7 Å². The fraction of sp³-hybridized carbons (Fsp3) is 0. The molecule has 4 nitrogen and oxygen atoms in total. The van der Waals surface area contributed by atoms with Gasteiger partial charge in [0.15, 0.2) is 0 Å². The Kier molecular flexibility index (Phi) is 15.9. The zero-order chi connectivity index (χ0) is 79.3. The molecule has 7 aromatic heterocycles. The van der Waals surface area contributed by atoms with Crippen LogP contribution in [-0.4, -0.2) is 18.3 Å². The summed E-state index contributed by atoms with van der Waals surface area (Å²) in [4.78, 5) is 0. The molecule has 0 unspecified atom stereocenters. The highest BCUT2D eigenvalue weighted by Crippen LogP contribution is 2.48. The third-order valence-electron chi connectivity index (χ3n) is 25.0. The Balaban J connectivity index is 0.000000102. The van der Waals surface area contributed by atoms with Crippen LogP contribution in [0, 0.1) is 0 Å². The van der Waals surface area contributed by atoms with Crippen molar-refractivity contribution in [3.8, 4) is 56.1 Å². The van der Waals surface area contributed by atoms with E-state index in [9.17, 15) is 0 Å². The molecule has 0 radical (unpaired) electrons. The summed E-state index contributed by atoms with van der Waals surface area (Å²) in [5, 5.41) is 26.1. The molecule has 7 heterocycles. The Bertz CT molecular complexity index is 8850. The first-order valence-corrected chi connectivity index (χ1v) is 43.8. The zero-order valence-electron chi connectivity index (χ0n) is 65.4. The van der Waals surface area contributed by atoms with Gasteiger partial charge in [-0.2, -0.15) is 0 Å². The fourth-order valence-electron chi connectivity index (χ4n) is 19.5. The Morgan fingerprint density at radius 2 is 0.347 bits per heavy atom. The molecule has 0 fully saturated rings. The van der Waals surface area contributed by atoms with E-state index in [0.29, 0.717) is 0 Å². The molecule has 0 spiro atoms. The van der Waals surface area contributed by atoms with Crippen molar-refractivity contribution in [3.63, 3.8) is 0 Å². The van der Waals surface area contributed by atoms with Crippen LogP contribution >= 0.6 is 34.0 Å². The summed E-state index contributed by atoms with van der Waals surface area (Å²) in [6.45, 7) is 0. The summed E-state index contributed by atoms with van der Waals surface area (Å²) in [7, 11) is 0. The van der Waals surface area contributed by atoms with Gasteiger partial charge >= 0.3 is 0 Å². The van der Waals surface area contributed by atoms with Gasteiger partial charge in [0.2, 0.25) is 0 Å². The number of thiophene rings is 3. The summed E-state index contributed by atoms with van der Waals surface area (Å²) in [5.74, 6) is 0. The number of nitrogens with zero attached hydrogens (tertiary/aromatic N) is 4. The quantitative estimate of drug-likeness (QED) is 0.142. The molecule has 27 aromatic rings. The number of hydrogen-bond donors (Lipinski definition) is 0. The second-order valence-electron chi connectivity index (χ2n) is 31.7. The van der Waals surface area contributed by atoms with Gasteiger partial charge in [0.1, 0.15) is 0 Å². The van der Waals surface area contributed by atoms with Gasteiger partial charge in [0.25, 0.3) is 0 Å². The van der Waals surface area contributed by atoms with Gasteiger partial charge < -0.3 is 18.3 Å². The maximum absolute atomic E-state index is 2.43. The highest BCUT2D eigenvalue weighted by molar-refractivity contribution is 7.26. The number of aromatic nitrogens is 4. The minimum absolute atomic E-state index is 1.18. The summed E-state index contributed by atoms with van der Waals surface area (Å²) in [5.41, 5.74) is 22.1. The molecule has 0 saturated heterocycles. The molecule has 20 aromatic carbocycles. The third-order valence-corrected chi connectivity index (χ3v) is 28.4. The average Bonchev–Trinajstić information content (AvgIpc) is 1.62. The molecule has 0 atom stereocenters. The number of para-hydroxylation sites is 5. The molecule has 121 heavy (non-hydrogen) atoms. The van der Waals surface area contributed by atoms with Crippen molar-refractivity contribution in [2.75, 3.05) is 0 Å². The molecule has 0 saturated carbocycles. The molecule has 0 aliphatic heterocycles. The first-order chi connectivity index (χ1) is 60.0. The summed E-state index contributed by atoms with van der Waals surface area (Å²) >= 11 is 5.63. The molecule has 0 amide bonds. The monoisotopic (exact) mass is 1590 g/mol. The van der Waals surface area contributed by atoms with Crippen LogP contribution in [0.25, 0.3) is 236 Å². The van der Waals surface area contributed by atoms with Crippen molar-refractivity contribution < 1.29 is 0 Å². The fourth-order valence-corrected chi connectivity index (χ4v) is 22.9. The van der Waals surface area contributed by atoms with Crippen molar-refractivity contribution in [3.05, 3.63) is 425 Å². The minimum Gasteiger partial charge on any atom is -0.309 e. The Hall–Kier alpha value is -15.0. The van der Waals surface area contributed by atoms with E-state index in [-0.39, 0.29) is 0 Å². The predicted molar refractivity (Wildman–Crippen MR) is 524 cm³/mol. The van der Waals surface area contributed by atoms with Gasteiger partial charge in [-0.05, 0) is 229 Å². The Morgan fingerprint density at radius 3 is 0.702 bits per heavy atom. The van der Waals surface area contributed by atoms with E-state index >= 15 is 0 Å². The molecule has 0 aliphatic carbocycles. The number of benzene rings is 20. The summed E-state index contributed by atoms with van der Waals surface area (Å²) in [6, 6.07) is 155. The molecule has 0 aliphatic rings. The van der Waals surface area contributed by atoms with Crippen molar-refractivity contribution in [1.82, 2.24) is 18.3 Å². The smallest absolute Gasteiger partial charge is 0.0555 e. The first-order valence-electron chi connectivity index (χ1n) is 41.3. The molecule has 0 bridgehead atoms. The second-order valence-corrected chi connectivity index (χ2v) is 35.0. The lowest BCUT2D eigenvalue weighted by Gasteiger charge is -2.12. The SMILES string of the molecule is c1ccc(-c2ccc3c(c2)c2cc4c(cc2n3-c2ccccc2)sc2ccccc24)cc1.c1ccc(-n2c3ccc(-c4ccc5c6ccccc6c6ccccc6c5c4)cc3c3cc4c(cc32)sc2ccccc24)cc1.c1ccc(-n2c3ccccc3c3cc(-c4ccc5c(c4)c4cc6c(cc4n5-c4ccccc4)sc4ccccc46)ccc32)cc1. The van der Waals surface area contributed by atoms with Gasteiger partial charge in [0.05, 0.1) is 44.1 Å². The van der Waals surface area contributed by atoms with Crippen molar-refractivity contribution in [1.29, 1.82) is 0 Å². The molecule has 7 heteroatoms. The molecular weight excluding hydrogens is 1520 g/mol. The van der Waals surface area contributed by atoms with E-state index in [1.807, 2.05) is 34.0 Å². The lowest BCUT2D eigenvalue weighted by atomic mass is 9.92. The highest BCUT2D eigenvalue weighted by Gasteiger charge is 2.23. The van der Waals surface area contributed by atoms with Gasteiger partial charge in [-0.25, -0.2) is 0 Å². The zero-order valence-corrected chi connectivity index (χ0v) is 67.9. The van der Waals surface area contributed by atoms with E-state index in [2.05, 4.69) is 443 Å². The van der Waals surface area contributed by atoms with Crippen LogP contribution in [0.15, 0.2) is 425 Å². The van der Waals surface area contributed by atoms with Gasteiger partial charge in [-0.1, -0.05) is 261 Å². The van der Waals surface area contributed by atoms with E-state index in [4.69, 9.17) is 0 Å². The lowest BCUT2D eigenvalue weighted by molar-refractivity contribution is 1.18. The highest BCUT2D eigenvalue weighted by atomic mass is 32.1. The predicted octanol–water partition coefficient (Wildman–Crippen LogP) is 33.0. The number of rotatable bonds is 7. The first kappa shape index (κ1) is 69.2. The largest absolute Gasteiger partial charge is 0.309 e. The molecular formula is C114H70N4S3. The Labute approximate surface area is 707 Å². The van der Waals surface area contributed by atoms with Crippen LogP contribution in [-0.2, 0) is 0 Å². The molecule has 27 rings (SSSR count). The normalized spacial score (nSPS) is 12.0. The van der Waals surface area contributed by atoms with Crippen LogP contribution in [0.1, 0.15) is 0 Å². The van der Waals surface area contributed by atoms with Gasteiger partial charge in [0, 0.05) is 126 Å². The summed E-state index contributed by atoms with van der Waals surface area (Å²) < 4.78 is 17.6. The van der Waals surface area contributed by atoms with Crippen molar-refractivity contribution in [2.45, 2.75) is 0 Å². The van der Waals surface area contributed by atoms with E-state index in [1.165, 1.54) is 236 Å². The lowest BCUT2D eigenvalue weighted by Crippen LogP contribution is -1.93. The van der Waals surface area contributed by atoms with Gasteiger partial charge in [-0.3, -0.25) is 0 Å². The van der Waals surface area contributed by atoms with E-state index in [0.717, 1.165) is 0 Å². The van der Waals surface area contributed by atoms with Crippen LogP contribution in [0.5, 0.6) is 0 Å².